The molecule has 18 heteroatoms. The van der Waals surface area contributed by atoms with Gasteiger partial charge in [0, 0.05) is 37.3 Å². The number of esters is 1. The van der Waals surface area contributed by atoms with Gasteiger partial charge in [0.25, 0.3) is 5.91 Å². The summed E-state index contributed by atoms with van der Waals surface area (Å²) in [5.41, 5.74) is -3.17. The van der Waals surface area contributed by atoms with Crippen molar-refractivity contribution in [1.82, 2.24) is 10.2 Å². The second-order valence-electron chi connectivity index (χ2n) is 20.8. The van der Waals surface area contributed by atoms with Crippen LogP contribution >= 0.6 is 0 Å². The molecule has 4 bridgehead atoms. The summed E-state index contributed by atoms with van der Waals surface area (Å²) < 4.78 is 92.2. The number of nitrogens with one attached hydrogen (secondary N) is 1. The van der Waals surface area contributed by atoms with E-state index in [9.17, 15) is 23.2 Å². The molecule has 1 N–H and O–H groups in total. The molecule has 10 aliphatic rings. The van der Waals surface area contributed by atoms with Gasteiger partial charge in [0.1, 0.15) is 18.2 Å². The number of carbonyl (C=O) groups excluding carboxylic acids is 3. The lowest BCUT2D eigenvalue weighted by Crippen LogP contribution is -2.70. The zero-order valence-electron chi connectivity index (χ0n) is 38.3. The number of ether oxygens (including phenoxy) is 5. The van der Waals surface area contributed by atoms with Crippen molar-refractivity contribution in [3.63, 3.8) is 0 Å². The van der Waals surface area contributed by atoms with Crippen molar-refractivity contribution in [3.8, 4) is 0 Å². The summed E-state index contributed by atoms with van der Waals surface area (Å²) in [6, 6.07) is -1.48. The van der Waals surface area contributed by atoms with Gasteiger partial charge in [-0.2, -0.15) is 0 Å². The van der Waals surface area contributed by atoms with E-state index in [1.165, 1.54) is 0 Å². The molecule has 2 spiro atoms. The van der Waals surface area contributed by atoms with Crippen molar-refractivity contribution in [2.75, 3.05) is 20.2 Å². The number of hydrogen-bond acceptors (Lipinski definition) is 12. The van der Waals surface area contributed by atoms with Crippen molar-refractivity contribution in [2.45, 2.75) is 172 Å². The Hall–Kier alpha value is -2.97. The Morgan fingerprint density at radius 2 is 1.25 bits per heavy atom. The minimum absolute atomic E-state index is 0.00498. The number of carbonyl (C=O) groups is 3. The maximum absolute atomic E-state index is 15.6. The van der Waals surface area contributed by atoms with Gasteiger partial charge in [-0.25, -0.2) is 37.1 Å². The summed E-state index contributed by atoms with van der Waals surface area (Å²) in [6.45, 7) is 11.3. The summed E-state index contributed by atoms with van der Waals surface area (Å²) in [5, 5.41) is 2.51. The van der Waals surface area contributed by atoms with Crippen LogP contribution in [0, 0.1) is 70.6 Å². The van der Waals surface area contributed by atoms with Crippen LogP contribution in [-0.2, 0) is 52.8 Å². The number of benzene rings is 1. The molecule has 65 heavy (non-hydrogen) atoms. The van der Waals surface area contributed by atoms with Crippen LogP contribution in [0.3, 0.4) is 0 Å². The second kappa shape index (κ2) is 17.5. The normalized spacial score (nSPS) is 43.1. The van der Waals surface area contributed by atoms with E-state index in [0.29, 0.717) is 31.1 Å². The average molecular weight is 925 g/mol. The molecule has 17 atom stereocenters. The van der Waals surface area contributed by atoms with Crippen LogP contribution in [0.2, 0.25) is 0 Å². The minimum Gasteiger partial charge on any atom is -0.468 e. The predicted molar refractivity (Wildman–Crippen MR) is 218 cm³/mol. The van der Waals surface area contributed by atoms with Crippen LogP contribution < -0.4 is 5.32 Å². The van der Waals surface area contributed by atoms with E-state index >= 15 is 8.78 Å². The fourth-order valence-electron chi connectivity index (χ4n) is 13.5. The maximum Gasteiger partial charge on any atom is 0.325 e. The predicted octanol–water partition coefficient (Wildman–Crippen LogP) is 7.40. The smallest absolute Gasteiger partial charge is 0.325 e. The number of hydrogen-bond donors (Lipinski definition) is 1. The molecule has 2 aliphatic carbocycles. The Labute approximate surface area is 377 Å². The van der Waals surface area contributed by atoms with Gasteiger partial charge in [-0.05, 0) is 114 Å². The first-order valence-corrected chi connectivity index (χ1v) is 23.7. The quantitative estimate of drug-likeness (QED) is 0.0964. The Balaban J connectivity index is 1.01. The van der Waals surface area contributed by atoms with Crippen LogP contribution in [0.4, 0.5) is 17.6 Å². The van der Waals surface area contributed by atoms with Crippen molar-refractivity contribution >= 4 is 17.8 Å². The van der Waals surface area contributed by atoms with Crippen molar-refractivity contribution in [2.24, 2.45) is 47.3 Å². The Morgan fingerprint density at radius 1 is 0.738 bits per heavy atom. The summed E-state index contributed by atoms with van der Waals surface area (Å²) >= 11 is 0. The standard InChI is InChI=1S/C47H64F4N2O12/c1-23-10-12-29-25(3)34(58-42-46(29)27(23)16-18-44(5,60-42)62-64-46)9-8-20-53(41(56)37-38(50)31(48)21-32(49)39(37)51)33(40(55)52-22-36(54)57-7)14-15-35-26(4)30-13-11-24(2)28-17-19-45(6)61-43(59-35)47(28,30)65-63-45/h21,23-30,33-35,42-43H,8-20,22H2,1-7H3,(H,52,55)/t23-,24-,25-,26-,27+,28+,29+,30+,33?,34-,35-,42-,43-,44-,45-,46-,47-/m1/s1. The van der Waals surface area contributed by atoms with Gasteiger partial charge in [-0.1, -0.05) is 27.7 Å². The lowest BCUT2D eigenvalue weighted by atomic mass is 9.57. The largest absolute Gasteiger partial charge is 0.468 e. The Bertz CT molecular complexity index is 1990. The molecule has 2 amide bonds. The van der Waals surface area contributed by atoms with Crippen molar-refractivity contribution < 1.29 is 75.2 Å². The lowest BCUT2D eigenvalue weighted by Gasteiger charge is -2.60. The van der Waals surface area contributed by atoms with E-state index in [1.54, 1.807) is 0 Å². The van der Waals surface area contributed by atoms with E-state index in [2.05, 4.69) is 26.1 Å². The van der Waals surface area contributed by atoms with Crippen molar-refractivity contribution in [3.05, 3.63) is 34.9 Å². The molecular formula is C47H64F4N2O12. The summed E-state index contributed by atoms with van der Waals surface area (Å²) in [4.78, 5) is 66.8. The molecule has 1 aromatic rings. The second-order valence-corrected chi connectivity index (χ2v) is 20.8. The monoisotopic (exact) mass is 924 g/mol. The van der Waals surface area contributed by atoms with E-state index in [1.807, 2.05) is 20.8 Å². The zero-order chi connectivity index (χ0) is 46.4. The topological polar surface area (TPSA) is 150 Å². The molecule has 11 rings (SSSR count). The molecule has 8 saturated heterocycles. The zero-order valence-corrected chi connectivity index (χ0v) is 38.3. The molecule has 0 aromatic heterocycles. The molecule has 0 radical (unpaired) electrons. The van der Waals surface area contributed by atoms with E-state index < -0.39 is 107 Å². The maximum atomic E-state index is 15.6. The highest BCUT2D eigenvalue weighted by atomic mass is 19.2. The number of amides is 2. The number of methoxy groups -OCH3 is 1. The van der Waals surface area contributed by atoms with Gasteiger partial charge in [0.15, 0.2) is 47.1 Å². The lowest BCUT2D eigenvalue weighted by molar-refractivity contribution is -0.571. The molecule has 1 aromatic carbocycles. The first kappa shape index (κ1) is 47.1. The number of nitrogens with zero attached hydrogens (tertiary/aromatic N) is 1. The van der Waals surface area contributed by atoms with Crippen LogP contribution in [0.1, 0.15) is 129 Å². The van der Waals surface area contributed by atoms with E-state index in [4.69, 9.17) is 43.2 Å². The van der Waals surface area contributed by atoms with Crippen LogP contribution in [0.25, 0.3) is 0 Å². The third kappa shape index (κ3) is 7.81. The SMILES string of the molecule is COC(=O)CNC(=O)C(CC[C@H]1O[C@@H]2O[C@@]3(C)CC[C@H]4[C@H](C)CC[C@@H]([C@H]1C)[C@@]24OO3)N(CCC[C@H]1O[C@@H]2O[C@@]3(C)CC[C@H]4[C@H](C)CC[C@@H]([C@H]1C)[C@@]24OO3)C(=O)c1c(F)c(F)cc(F)c1F. The summed E-state index contributed by atoms with van der Waals surface area (Å²) in [5.74, 6) is -11.9. The number of halogens is 4. The van der Waals surface area contributed by atoms with Crippen LogP contribution in [0.15, 0.2) is 6.07 Å². The molecule has 362 valence electrons. The molecule has 2 saturated carbocycles. The highest BCUT2D eigenvalue weighted by Crippen LogP contribution is 2.62. The number of fused-ring (bicyclic) bond motifs is 4. The third-order valence-corrected chi connectivity index (χ3v) is 17.1. The molecule has 8 heterocycles. The highest BCUT2D eigenvalue weighted by molar-refractivity contribution is 5.98. The van der Waals surface area contributed by atoms with Crippen LogP contribution in [0.5, 0.6) is 0 Å². The number of rotatable bonds is 12. The molecular weight excluding hydrogens is 861 g/mol. The van der Waals surface area contributed by atoms with Crippen molar-refractivity contribution in [1.29, 1.82) is 0 Å². The van der Waals surface area contributed by atoms with Gasteiger partial charge >= 0.3 is 5.97 Å². The van der Waals surface area contributed by atoms with Gasteiger partial charge in [0.2, 0.25) is 17.5 Å². The fraction of sp³-hybridized carbons (Fsp3) is 0.809. The fourth-order valence-corrected chi connectivity index (χ4v) is 13.5. The molecule has 8 aliphatic heterocycles. The Morgan fingerprint density at radius 3 is 1.75 bits per heavy atom. The van der Waals surface area contributed by atoms with Gasteiger partial charge in [-0.15, -0.1) is 0 Å². The summed E-state index contributed by atoms with van der Waals surface area (Å²) in [6.07, 6.45) is 4.34. The third-order valence-electron chi connectivity index (χ3n) is 17.1. The van der Waals surface area contributed by atoms with Gasteiger partial charge < -0.3 is 33.9 Å². The average Bonchev–Trinajstić information content (AvgIpc) is 3.65. The minimum atomic E-state index is -1.90. The molecule has 10 fully saturated rings. The highest BCUT2D eigenvalue weighted by Gasteiger charge is 2.71. The molecule has 1 unspecified atom stereocenters. The van der Waals surface area contributed by atoms with E-state index in [-0.39, 0.29) is 67.4 Å². The van der Waals surface area contributed by atoms with Gasteiger partial charge in [-0.3, -0.25) is 14.4 Å². The summed E-state index contributed by atoms with van der Waals surface area (Å²) in [7, 11) is 1.14. The van der Waals surface area contributed by atoms with E-state index in [0.717, 1.165) is 50.5 Å². The first-order valence-electron chi connectivity index (χ1n) is 23.7. The van der Waals surface area contributed by atoms with Crippen LogP contribution in [-0.4, -0.2) is 96.5 Å². The van der Waals surface area contributed by atoms with Gasteiger partial charge in [0.05, 0.1) is 19.3 Å². The first-order chi connectivity index (χ1) is 30.9. The Kier molecular flexibility index (Phi) is 12.7. The molecule has 14 nitrogen and oxygen atoms in total.